The van der Waals surface area contributed by atoms with Crippen molar-refractivity contribution in [2.45, 2.75) is 0 Å². The minimum Gasteiger partial charge on any atom is -0.478 e. The Morgan fingerprint density at radius 3 is 2.59 bits per heavy atom. The molecule has 0 aliphatic rings. The van der Waals surface area contributed by atoms with E-state index in [2.05, 4.69) is 4.98 Å². The van der Waals surface area contributed by atoms with Gasteiger partial charge < -0.3 is 9.52 Å². The Labute approximate surface area is 125 Å². The Balaban J connectivity index is 1.96. The van der Waals surface area contributed by atoms with E-state index in [0.29, 0.717) is 11.5 Å². The smallest absolute Gasteiger partial charge is 0.335 e. The van der Waals surface area contributed by atoms with Crippen molar-refractivity contribution in [3.8, 4) is 11.5 Å². The molecule has 0 fully saturated rings. The number of fused-ring (bicyclic) bond motifs is 3. The highest BCUT2D eigenvalue weighted by molar-refractivity contribution is 6.05. The summed E-state index contributed by atoms with van der Waals surface area (Å²) in [5.41, 5.74) is 2.60. The van der Waals surface area contributed by atoms with Crippen molar-refractivity contribution in [3.63, 3.8) is 0 Å². The lowest BCUT2D eigenvalue weighted by Crippen LogP contribution is -1.95. The summed E-state index contributed by atoms with van der Waals surface area (Å²) in [6, 6.07) is 18.4. The molecule has 0 saturated heterocycles. The molecule has 1 heterocycles. The first-order chi connectivity index (χ1) is 10.7. The Kier molecular flexibility index (Phi) is 2.69. The zero-order valence-electron chi connectivity index (χ0n) is 11.5. The molecule has 0 bridgehead atoms. The molecule has 106 valence electrons. The van der Waals surface area contributed by atoms with Gasteiger partial charge in [-0.15, -0.1) is 0 Å². The van der Waals surface area contributed by atoms with Crippen LogP contribution in [0.2, 0.25) is 0 Å². The first-order valence-electron chi connectivity index (χ1n) is 6.84. The molecule has 1 aromatic heterocycles. The average molecular weight is 289 g/mol. The maximum absolute atomic E-state index is 11.1. The van der Waals surface area contributed by atoms with Crippen molar-refractivity contribution in [2.75, 3.05) is 0 Å². The molecule has 4 rings (SSSR count). The second-order valence-electron chi connectivity index (χ2n) is 5.04. The predicted molar refractivity (Wildman–Crippen MR) is 83.9 cm³/mol. The summed E-state index contributed by atoms with van der Waals surface area (Å²) in [4.78, 5) is 15.6. The number of hydrogen-bond donors (Lipinski definition) is 1. The second-order valence-corrected chi connectivity index (χ2v) is 5.04. The van der Waals surface area contributed by atoms with Crippen LogP contribution in [0, 0.1) is 0 Å². The fourth-order valence-electron chi connectivity index (χ4n) is 2.55. The third-order valence-corrected chi connectivity index (χ3v) is 3.64. The SMILES string of the molecule is O=C(O)c1ccc2c(ccc3nc(-c4ccccc4)oc32)c1. The summed E-state index contributed by atoms with van der Waals surface area (Å²) in [5.74, 6) is -0.380. The molecule has 3 aromatic carbocycles. The predicted octanol–water partition coefficient (Wildman–Crippen LogP) is 4.35. The fourth-order valence-corrected chi connectivity index (χ4v) is 2.55. The van der Waals surface area contributed by atoms with Crippen LogP contribution in [0.5, 0.6) is 0 Å². The number of carbonyl (C=O) groups is 1. The Hall–Kier alpha value is -3.14. The molecule has 0 aliphatic carbocycles. The molecule has 0 atom stereocenters. The molecule has 0 unspecified atom stereocenters. The highest BCUT2D eigenvalue weighted by Crippen LogP contribution is 2.30. The second kappa shape index (κ2) is 4.70. The highest BCUT2D eigenvalue weighted by Gasteiger charge is 2.12. The minimum absolute atomic E-state index is 0.259. The van der Waals surface area contributed by atoms with E-state index in [1.807, 2.05) is 42.5 Å². The lowest BCUT2D eigenvalue weighted by Gasteiger charge is -1.99. The number of aromatic carboxylic acids is 1. The van der Waals surface area contributed by atoms with Gasteiger partial charge in [0.25, 0.3) is 0 Å². The topological polar surface area (TPSA) is 63.3 Å². The number of hydrogen-bond acceptors (Lipinski definition) is 3. The van der Waals surface area contributed by atoms with E-state index in [0.717, 1.165) is 21.9 Å². The van der Waals surface area contributed by atoms with Gasteiger partial charge in [0.15, 0.2) is 5.58 Å². The Bertz CT molecular complexity index is 1000. The molecule has 0 aliphatic heterocycles. The fraction of sp³-hybridized carbons (Fsp3) is 0. The summed E-state index contributed by atoms with van der Waals surface area (Å²) in [5, 5.41) is 10.8. The van der Waals surface area contributed by atoms with Gasteiger partial charge in [-0.05, 0) is 41.8 Å². The van der Waals surface area contributed by atoms with E-state index in [4.69, 9.17) is 9.52 Å². The average Bonchev–Trinajstić information content (AvgIpc) is 2.99. The number of aromatic nitrogens is 1. The van der Waals surface area contributed by atoms with Crippen molar-refractivity contribution in [1.82, 2.24) is 4.98 Å². The normalized spacial score (nSPS) is 11.1. The molecule has 1 N–H and O–H groups in total. The van der Waals surface area contributed by atoms with E-state index in [-0.39, 0.29) is 5.56 Å². The van der Waals surface area contributed by atoms with Gasteiger partial charge in [0, 0.05) is 10.9 Å². The van der Waals surface area contributed by atoms with E-state index in [9.17, 15) is 4.79 Å². The zero-order chi connectivity index (χ0) is 15.1. The first kappa shape index (κ1) is 12.6. The highest BCUT2D eigenvalue weighted by atomic mass is 16.4. The van der Waals surface area contributed by atoms with Crippen LogP contribution in [0.3, 0.4) is 0 Å². The third-order valence-electron chi connectivity index (χ3n) is 3.64. The summed E-state index contributed by atoms with van der Waals surface area (Å²) in [6.07, 6.45) is 0. The Morgan fingerprint density at radius 2 is 1.82 bits per heavy atom. The monoisotopic (exact) mass is 289 g/mol. The number of carboxylic acid groups (broad SMARTS) is 1. The van der Waals surface area contributed by atoms with Gasteiger partial charge in [0.05, 0.1) is 5.56 Å². The van der Waals surface area contributed by atoms with Crippen molar-refractivity contribution in [1.29, 1.82) is 0 Å². The van der Waals surface area contributed by atoms with Crippen LogP contribution < -0.4 is 0 Å². The quantitative estimate of drug-likeness (QED) is 0.596. The minimum atomic E-state index is -0.940. The van der Waals surface area contributed by atoms with Gasteiger partial charge in [-0.3, -0.25) is 0 Å². The van der Waals surface area contributed by atoms with E-state index >= 15 is 0 Å². The first-order valence-corrected chi connectivity index (χ1v) is 6.84. The van der Waals surface area contributed by atoms with Crippen LogP contribution in [-0.2, 0) is 0 Å². The van der Waals surface area contributed by atoms with Gasteiger partial charge in [0.1, 0.15) is 5.52 Å². The maximum Gasteiger partial charge on any atom is 0.335 e. The molecule has 4 heteroatoms. The molecule has 0 spiro atoms. The standard InChI is InChI=1S/C18H11NO3/c20-18(21)13-6-8-14-12(10-13)7-9-15-16(14)22-17(19-15)11-4-2-1-3-5-11/h1-10H,(H,20,21). The summed E-state index contributed by atoms with van der Waals surface area (Å²) in [7, 11) is 0. The number of carboxylic acids is 1. The lowest BCUT2D eigenvalue weighted by atomic mass is 10.1. The van der Waals surface area contributed by atoms with Crippen LogP contribution in [0.15, 0.2) is 65.1 Å². The van der Waals surface area contributed by atoms with Gasteiger partial charge in [-0.1, -0.05) is 24.3 Å². The van der Waals surface area contributed by atoms with Gasteiger partial charge in [0.2, 0.25) is 5.89 Å². The van der Waals surface area contributed by atoms with Crippen LogP contribution in [0.25, 0.3) is 33.3 Å². The number of oxazole rings is 1. The van der Waals surface area contributed by atoms with Crippen LogP contribution in [0.1, 0.15) is 10.4 Å². The van der Waals surface area contributed by atoms with Crippen molar-refractivity contribution < 1.29 is 14.3 Å². The van der Waals surface area contributed by atoms with Gasteiger partial charge in [-0.25, -0.2) is 9.78 Å². The Morgan fingerprint density at radius 1 is 1.00 bits per heavy atom. The van der Waals surface area contributed by atoms with Crippen LogP contribution >= 0.6 is 0 Å². The van der Waals surface area contributed by atoms with Crippen LogP contribution in [0.4, 0.5) is 0 Å². The zero-order valence-corrected chi connectivity index (χ0v) is 11.5. The molecule has 0 radical (unpaired) electrons. The molecule has 22 heavy (non-hydrogen) atoms. The summed E-state index contributed by atoms with van der Waals surface area (Å²) >= 11 is 0. The van der Waals surface area contributed by atoms with Crippen molar-refractivity contribution in [3.05, 3.63) is 66.2 Å². The van der Waals surface area contributed by atoms with E-state index < -0.39 is 5.97 Å². The lowest BCUT2D eigenvalue weighted by molar-refractivity contribution is 0.0697. The summed E-state index contributed by atoms with van der Waals surface area (Å²) < 4.78 is 5.91. The van der Waals surface area contributed by atoms with Crippen LogP contribution in [-0.4, -0.2) is 16.1 Å². The largest absolute Gasteiger partial charge is 0.478 e. The van der Waals surface area contributed by atoms with Gasteiger partial charge in [-0.2, -0.15) is 0 Å². The molecule has 4 aromatic rings. The molecule has 0 amide bonds. The molecular formula is C18H11NO3. The number of nitrogens with zero attached hydrogens (tertiary/aromatic N) is 1. The summed E-state index contributed by atoms with van der Waals surface area (Å²) in [6.45, 7) is 0. The van der Waals surface area contributed by atoms with Gasteiger partial charge >= 0.3 is 5.97 Å². The van der Waals surface area contributed by atoms with E-state index in [1.54, 1.807) is 18.2 Å². The number of benzene rings is 3. The molecule has 0 saturated carbocycles. The number of rotatable bonds is 2. The van der Waals surface area contributed by atoms with E-state index in [1.165, 1.54) is 0 Å². The maximum atomic E-state index is 11.1. The third kappa shape index (κ3) is 1.93. The van der Waals surface area contributed by atoms with Crippen molar-refractivity contribution >= 4 is 27.8 Å². The molecule has 4 nitrogen and oxygen atoms in total. The molecular weight excluding hydrogens is 278 g/mol. The van der Waals surface area contributed by atoms with Crippen molar-refractivity contribution in [2.24, 2.45) is 0 Å².